The molecular weight excluding hydrogens is 224 g/mol. The van der Waals surface area contributed by atoms with Crippen LogP contribution in [0.15, 0.2) is 36.7 Å². The third-order valence-electron chi connectivity index (χ3n) is 3.19. The van der Waals surface area contributed by atoms with Gasteiger partial charge >= 0.3 is 0 Å². The molecule has 1 atom stereocenters. The van der Waals surface area contributed by atoms with Crippen molar-refractivity contribution in [2.24, 2.45) is 0 Å². The van der Waals surface area contributed by atoms with Crippen LogP contribution < -0.4 is 0 Å². The maximum Gasteiger partial charge on any atom is 0.111 e. The van der Waals surface area contributed by atoms with Crippen LogP contribution in [0.3, 0.4) is 0 Å². The molecule has 0 radical (unpaired) electrons. The molecule has 3 heteroatoms. The van der Waals surface area contributed by atoms with Crippen LogP contribution in [0.2, 0.25) is 0 Å². The predicted octanol–water partition coefficient (Wildman–Crippen LogP) is 2.88. The van der Waals surface area contributed by atoms with Crippen LogP contribution in [0.25, 0.3) is 0 Å². The number of aromatic nitrogens is 2. The Morgan fingerprint density at radius 3 is 2.83 bits per heavy atom. The van der Waals surface area contributed by atoms with Crippen molar-refractivity contribution in [2.75, 3.05) is 0 Å². The van der Waals surface area contributed by atoms with Crippen molar-refractivity contribution in [3.05, 3.63) is 53.6 Å². The van der Waals surface area contributed by atoms with Gasteiger partial charge in [0.25, 0.3) is 0 Å². The van der Waals surface area contributed by atoms with E-state index in [1.807, 2.05) is 37.4 Å². The zero-order valence-electron chi connectivity index (χ0n) is 11.0. The quantitative estimate of drug-likeness (QED) is 0.878. The van der Waals surface area contributed by atoms with E-state index in [1.54, 1.807) is 6.20 Å². The lowest BCUT2D eigenvalue weighted by Gasteiger charge is -2.14. The van der Waals surface area contributed by atoms with E-state index in [1.165, 1.54) is 0 Å². The molecule has 0 aliphatic heterocycles. The summed E-state index contributed by atoms with van der Waals surface area (Å²) in [6.07, 6.45) is 4.94. The first kappa shape index (κ1) is 12.8. The summed E-state index contributed by atoms with van der Waals surface area (Å²) in [5.74, 6) is 0.951. The minimum absolute atomic E-state index is 0.482. The van der Waals surface area contributed by atoms with E-state index in [9.17, 15) is 5.11 Å². The largest absolute Gasteiger partial charge is 0.388 e. The van der Waals surface area contributed by atoms with E-state index >= 15 is 0 Å². The Balaban J connectivity index is 2.14. The highest BCUT2D eigenvalue weighted by molar-refractivity contribution is 5.28. The summed E-state index contributed by atoms with van der Waals surface area (Å²) in [4.78, 5) is 4.33. The summed E-state index contributed by atoms with van der Waals surface area (Å²) >= 11 is 0. The molecule has 1 N–H and O–H groups in total. The van der Waals surface area contributed by atoms with Gasteiger partial charge in [0.05, 0.1) is 6.10 Å². The molecule has 0 amide bonds. The van der Waals surface area contributed by atoms with E-state index in [4.69, 9.17) is 0 Å². The summed E-state index contributed by atoms with van der Waals surface area (Å²) in [5.41, 5.74) is 2.11. The summed E-state index contributed by atoms with van der Waals surface area (Å²) < 4.78 is 2.11. The molecular formula is C15H20N2O. The van der Waals surface area contributed by atoms with Gasteiger partial charge in [-0.3, -0.25) is 0 Å². The Morgan fingerprint density at radius 1 is 1.33 bits per heavy atom. The zero-order chi connectivity index (χ0) is 13.0. The lowest BCUT2D eigenvalue weighted by molar-refractivity contribution is 0.173. The second-order valence-corrected chi connectivity index (χ2v) is 4.61. The van der Waals surface area contributed by atoms with Gasteiger partial charge in [0, 0.05) is 25.4 Å². The Hall–Kier alpha value is -1.61. The monoisotopic (exact) mass is 244 g/mol. The first-order valence-electron chi connectivity index (χ1n) is 6.46. The van der Waals surface area contributed by atoms with Crippen molar-refractivity contribution in [3.8, 4) is 0 Å². The molecule has 18 heavy (non-hydrogen) atoms. The molecule has 1 heterocycles. The van der Waals surface area contributed by atoms with Crippen LogP contribution >= 0.6 is 0 Å². The number of hydrogen-bond acceptors (Lipinski definition) is 2. The van der Waals surface area contributed by atoms with Crippen LogP contribution in [0.1, 0.15) is 36.4 Å². The van der Waals surface area contributed by atoms with Crippen molar-refractivity contribution in [3.63, 3.8) is 0 Å². The summed E-state index contributed by atoms with van der Waals surface area (Å²) in [6, 6.07) is 7.96. The van der Waals surface area contributed by atoms with E-state index < -0.39 is 6.10 Å². The van der Waals surface area contributed by atoms with Crippen molar-refractivity contribution >= 4 is 0 Å². The SMILES string of the molecule is CCCn1ccnc1CC(O)c1ccccc1C. The van der Waals surface area contributed by atoms with E-state index in [2.05, 4.69) is 16.5 Å². The van der Waals surface area contributed by atoms with Crippen molar-refractivity contribution < 1.29 is 5.11 Å². The fourth-order valence-electron chi connectivity index (χ4n) is 2.22. The molecule has 1 aromatic carbocycles. The molecule has 0 fully saturated rings. The molecule has 96 valence electrons. The minimum atomic E-state index is -0.482. The third-order valence-corrected chi connectivity index (χ3v) is 3.19. The number of nitrogens with zero attached hydrogens (tertiary/aromatic N) is 2. The third kappa shape index (κ3) is 2.79. The van der Waals surface area contributed by atoms with Gasteiger partial charge in [-0.25, -0.2) is 4.98 Å². The molecule has 2 rings (SSSR count). The second kappa shape index (κ2) is 5.83. The van der Waals surface area contributed by atoms with Crippen LogP contribution in [0, 0.1) is 6.92 Å². The highest BCUT2D eigenvalue weighted by atomic mass is 16.3. The maximum atomic E-state index is 10.3. The number of aliphatic hydroxyl groups excluding tert-OH is 1. The van der Waals surface area contributed by atoms with Crippen LogP contribution in [0.5, 0.6) is 0 Å². The average molecular weight is 244 g/mol. The Labute approximate surface area is 108 Å². The smallest absolute Gasteiger partial charge is 0.111 e. The first-order valence-corrected chi connectivity index (χ1v) is 6.46. The molecule has 0 bridgehead atoms. The zero-order valence-corrected chi connectivity index (χ0v) is 11.0. The normalized spacial score (nSPS) is 12.6. The van der Waals surface area contributed by atoms with Crippen LogP contribution in [-0.2, 0) is 13.0 Å². The van der Waals surface area contributed by atoms with Gasteiger partial charge < -0.3 is 9.67 Å². The van der Waals surface area contributed by atoms with Gasteiger partial charge in [-0.15, -0.1) is 0 Å². The van der Waals surface area contributed by atoms with Gasteiger partial charge in [0.2, 0.25) is 0 Å². The highest BCUT2D eigenvalue weighted by Crippen LogP contribution is 2.20. The molecule has 1 unspecified atom stereocenters. The number of aryl methyl sites for hydroxylation is 2. The van der Waals surface area contributed by atoms with Crippen molar-refractivity contribution in [1.29, 1.82) is 0 Å². The highest BCUT2D eigenvalue weighted by Gasteiger charge is 2.13. The lowest BCUT2D eigenvalue weighted by atomic mass is 10.0. The number of benzene rings is 1. The second-order valence-electron chi connectivity index (χ2n) is 4.61. The van der Waals surface area contributed by atoms with E-state index in [0.29, 0.717) is 6.42 Å². The van der Waals surface area contributed by atoms with Gasteiger partial charge in [-0.05, 0) is 24.5 Å². The summed E-state index contributed by atoms with van der Waals surface area (Å²) in [6.45, 7) is 5.12. The molecule has 2 aromatic rings. The maximum absolute atomic E-state index is 10.3. The summed E-state index contributed by atoms with van der Waals surface area (Å²) in [5, 5.41) is 10.3. The predicted molar refractivity (Wildman–Crippen MR) is 72.4 cm³/mol. The van der Waals surface area contributed by atoms with Crippen molar-refractivity contribution in [2.45, 2.75) is 39.3 Å². The van der Waals surface area contributed by atoms with Gasteiger partial charge in [0.15, 0.2) is 0 Å². The average Bonchev–Trinajstić information content (AvgIpc) is 2.78. The Bertz CT molecular complexity index is 505. The van der Waals surface area contributed by atoms with E-state index in [0.717, 1.165) is 29.9 Å². The molecule has 3 nitrogen and oxygen atoms in total. The number of imidazole rings is 1. The van der Waals surface area contributed by atoms with Gasteiger partial charge in [-0.2, -0.15) is 0 Å². The minimum Gasteiger partial charge on any atom is -0.388 e. The molecule has 0 aliphatic carbocycles. The van der Waals surface area contributed by atoms with Crippen molar-refractivity contribution in [1.82, 2.24) is 9.55 Å². The fraction of sp³-hybridized carbons (Fsp3) is 0.400. The topological polar surface area (TPSA) is 38.0 Å². The lowest BCUT2D eigenvalue weighted by Crippen LogP contribution is -2.09. The van der Waals surface area contributed by atoms with E-state index in [-0.39, 0.29) is 0 Å². The number of aliphatic hydroxyl groups is 1. The Morgan fingerprint density at radius 2 is 2.11 bits per heavy atom. The molecule has 0 spiro atoms. The fourth-order valence-corrected chi connectivity index (χ4v) is 2.22. The molecule has 0 saturated carbocycles. The molecule has 0 aliphatic rings. The molecule has 0 saturated heterocycles. The summed E-state index contributed by atoms with van der Waals surface area (Å²) in [7, 11) is 0. The number of hydrogen-bond donors (Lipinski definition) is 1. The van der Waals surface area contributed by atoms with Crippen LogP contribution in [-0.4, -0.2) is 14.7 Å². The standard InChI is InChI=1S/C15H20N2O/c1-3-9-17-10-8-16-15(17)11-14(18)13-7-5-4-6-12(13)2/h4-8,10,14,18H,3,9,11H2,1-2H3. The molecule has 1 aromatic heterocycles. The Kier molecular flexibility index (Phi) is 4.15. The first-order chi connectivity index (χ1) is 8.72. The van der Waals surface area contributed by atoms with Gasteiger partial charge in [0.1, 0.15) is 5.82 Å². The number of rotatable bonds is 5. The van der Waals surface area contributed by atoms with Gasteiger partial charge in [-0.1, -0.05) is 31.2 Å². The van der Waals surface area contributed by atoms with Crippen LogP contribution in [0.4, 0.5) is 0 Å².